The minimum absolute atomic E-state index is 0.253. The summed E-state index contributed by atoms with van der Waals surface area (Å²) in [6.07, 6.45) is 0. The third-order valence-electron chi connectivity index (χ3n) is 4.05. The SMILES string of the molecule is CCOC(=O)c1cccc(NC(=S)NCc2nc(-c3ccc(Cl)cc3)no2)c1C. The number of halogens is 1. The second-order valence-electron chi connectivity index (χ2n) is 6.02. The lowest BCUT2D eigenvalue weighted by molar-refractivity contribution is 0.0525. The molecule has 2 aromatic carbocycles. The number of ether oxygens (including phenoxy) is 1. The van der Waals surface area contributed by atoms with E-state index in [1.165, 1.54) is 0 Å². The number of nitrogens with zero attached hydrogens (tertiary/aromatic N) is 2. The molecule has 0 spiro atoms. The predicted molar refractivity (Wildman–Crippen MR) is 115 cm³/mol. The number of carbonyl (C=O) groups is 1. The normalized spacial score (nSPS) is 10.4. The van der Waals surface area contributed by atoms with Crippen LogP contribution in [-0.4, -0.2) is 27.8 Å². The fraction of sp³-hybridized carbons (Fsp3) is 0.200. The molecule has 0 atom stereocenters. The smallest absolute Gasteiger partial charge is 0.338 e. The number of benzene rings is 2. The van der Waals surface area contributed by atoms with Gasteiger partial charge >= 0.3 is 5.97 Å². The number of hydrogen-bond acceptors (Lipinski definition) is 6. The van der Waals surface area contributed by atoms with Crippen molar-refractivity contribution in [3.63, 3.8) is 0 Å². The summed E-state index contributed by atoms with van der Waals surface area (Å²) in [5, 5.41) is 11.0. The summed E-state index contributed by atoms with van der Waals surface area (Å²) >= 11 is 11.2. The van der Waals surface area contributed by atoms with Gasteiger partial charge in [0.15, 0.2) is 5.11 Å². The Hall–Kier alpha value is -2.97. The van der Waals surface area contributed by atoms with E-state index >= 15 is 0 Å². The van der Waals surface area contributed by atoms with Crippen LogP contribution in [0, 0.1) is 6.92 Å². The molecule has 0 amide bonds. The zero-order chi connectivity index (χ0) is 20.8. The average molecular weight is 431 g/mol. The largest absolute Gasteiger partial charge is 0.462 e. The van der Waals surface area contributed by atoms with E-state index in [0.717, 1.165) is 11.1 Å². The molecule has 150 valence electrons. The fourth-order valence-corrected chi connectivity index (χ4v) is 2.87. The Balaban J connectivity index is 1.60. The van der Waals surface area contributed by atoms with Crippen molar-refractivity contribution in [1.82, 2.24) is 15.5 Å². The first-order chi connectivity index (χ1) is 14.0. The number of nitrogens with one attached hydrogen (secondary N) is 2. The highest BCUT2D eigenvalue weighted by atomic mass is 35.5. The first kappa shape index (κ1) is 20.8. The highest BCUT2D eigenvalue weighted by Gasteiger charge is 2.14. The van der Waals surface area contributed by atoms with Gasteiger partial charge in [-0.15, -0.1) is 0 Å². The van der Waals surface area contributed by atoms with Crippen molar-refractivity contribution < 1.29 is 14.1 Å². The van der Waals surface area contributed by atoms with Crippen LogP contribution in [0.2, 0.25) is 5.02 Å². The lowest BCUT2D eigenvalue weighted by Gasteiger charge is -2.13. The molecule has 3 aromatic rings. The Kier molecular flexibility index (Phi) is 6.79. The maximum atomic E-state index is 12.0. The third-order valence-corrected chi connectivity index (χ3v) is 4.55. The Labute approximate surface area is 178 Å². The Morgan fingerprint density at radius 2 is 2.00 bits per heavy atom. The number of carbonyl (C=O) groups excluding carboxylic acids is 1. The van der Waals surface area contributed by atoms with E-state index < -0.39 is 0 Å². The molecule has 0 aliphatic carbocycles. The fourth-order valence-electron chi connectivity index (χ4n) is 2.57. The molecule has 0 fully saturated rings. The van der Waals surface area contributed by atoms with Gasteiger partial charge in [-0.1, -0.05) is 22.8 Å². The average Bonchev–Trinajstić information content (AvgIpc) is 3.18. The van der Waals surface area contributed by atoms with Crippen LogP contribution < -0.4 is 10.6 Å². The Morgan fingerprint density at radius 3 is 2.72 bits per heavy atom. The molecule has 0 radical (unpaired) electrons. The van der Waals surface area contributed by atoms with Crippen LogP contribution in [0.3, 0.4) is 0 Å². The van der Waals surface area contributed by atoms with Crippen molar-refractivity contribution >= 4 is 40.6 Å². The second-order valence-corrected chi connectivity index (χ2v) is 6.87. The molecule has 0 saturated carbocycles. The lowest BCUT2D eigenvalue weighted by atomic mass is 10.1. The predicted octanol–water partition coefficient (Wildman–Crippen LogP) is 4.36. The van der Waals surface area contributed by atoms with Crippen LogP contribution >= 0.6 is 23.8 Å². The zero-order valence-electron chi connectivity index (χ0n) is 15.9. The molecule has 0 unspecified atom stereocenters. The third kappa shape index (κ3) is 5.30. The number of esters is 1. The molecule has 0 saturated heterocycles. The van der Waals surface area contributed by atoms with Crippen molar-refractivity contribution in [2.24, 2.45) is 0 Å². The van der Waals surface area contributed by atoms with Gasteiger partial charge in [0.05, 0.1) is 18.7 Å². The van der Waals surface area contributed by atoms with Gasteiger partial charge in [0, 0.05) is 16.3 Å². The molecule has 29 heavy (non-hydrogen) atoms. The molecule has 7 nitrogen and oxygen atoms in total. The van der Waals surface area contributed by atoms with E-state index in [1.807, 2.05) is 25.1 Å². The van der Waals surface area contributed by atoms with Gasteiger partial charge in [-0.2, -0.15) is 4.98 Å². The first-order valence-electron chi connectivity index (χ1n) is 8.88. The van der Waals surface area contributed by atoms with E-state index in [4.69, 9.17) is 33.1 Å². The van der Waals surface area contributed by atoms with E-state index in [-0.39, 0.29) is 12.5 Å². The van der Waals surface area contributed by atoms with Gasteiger partial charge in [-0.25, -0.2) is 4.79 Å². The van der Waals surface area contributed by atoms with Crippen molar-refractivity contribution in [2.45, 2.75) is 20.4 Å². The number of rotatable bonds is 6. The molecular formula is C20H19ClN4O3S. The summed E-state index contributed by atoms with van der Waals surface area (Å²) in [5.74, 6) is 0.486. The second kappa shape index (κ2) is 9.49. The lowest BCUT2D eigenvalue weighted by Crippen LogP contribution is -2.28. The summed E-state index contributed by atoms with van der Waals surface area (Å²) in [6, 6.07) is 12.5. The van der Waals surface area contributed by atoms with Crippen LogP contribution in [0.5, 0.6) is 0 Å². The molecular weight excluding hydrogens is 412 g/mol. The molecule has 0 bridgehead atoms. The summed E-state index contributed by atoms with van der Waals surface area (Å²) in [7, 11) is 0. The summed E-state index contributed by atoms with van der Waals surface area (Å²) in [6.45, 7) is 4.17. The molecule has 3 rings (SSSR count). The summed E-state index contributed by atoms with van der Waals surface area (Å²) < 4.78 is 10.3. The van der Waals surface area contributed by atoms with Crippen LogP contribution in [0.15, 0.2) is 47.0 Å². The molecule has 0 aliphatic heterocycles. The van der Waals surface area contributed by atoms with E-state index in [9.17, 15) is 4.79 Å². The first-order valence-corrected chi connectivity index (χ1v) is 9.66. The summed E-state index contributed by atoms with van der Waals surface area (Å²) in [4.78, 5) is 16.4. The number of anilines is 1. The highest BCUT2D eigenvalue weighted by Crippen LogP contribution is 2.20. The minimum atomic E-state index is -0.367. The molecule has 1 heterocycles. The number of thiocarbonyl (C=S) groups is 1. The topological polar surface area (TPSA) is 89.3 Å². The standard InChI is InChI=1S/C20H19ClN4O3S/c1-3-27-19(26)15-5-4-6-16(12(15)2)23-20(29)22-11-17-24-18(25-28-17)13-7-9-14(21)10-8-13/h4-10H,3,11H2,1-2H3,(H2,22,23,29). The molecule has 1 aromatic heterocycles. The number of aromatic nitrogens is 2. The van der Waals surface area contributed by atoms with Crippen LogP contribution in [0.4, 0.5) is 5.69 Å². The van der Waals surface area contributed by atoms with Gasteiger partial charge in [-0.3, -0.25) is 0 Å². The van der Waals surface area contributed by atoms with Gasteiger partial charge < -0.3 is 19.9 Å². The minimum Gasteiger partial charge on any atom is -0.462 e. The van der Waals surface area contributed by atoms with Crippen molar-refractivity contribution in [1.29, 1.82) is 0 Å². The van der Waals surface area contributed by atoms with Crippen LogP contribution in [-0.2, 0) is 11.3 Å². The van der Waals surface area contributed by atoms with Gasteiger partial charge in [0.25, 0.3) is 0 Å². The maximum Gasteiger partial charge on any atom is 0.338 e. The van der Waals surface area contributed by atoms with Crippen LogP contribution in [0.1, 0.15) is 28.7 Å². The number of hydrogen-bond donors (Lipinski definition) is 2. The zero-order valence-corrected chi connectivity index (χ0v) is 17.4. The molecule has 2 N–H and O–H groups in total. The maximum absolute atomic E-state index is 12.0. The monoisotopic (exact) mass is 430 g/mol. The van der Waals surface area contributed by atoms with Crippen molar-refractivity contribution in [2.75, 3.05) is 11.9 Å². The Bertz CT molecular complexity index is 1020. The van der Waals surface area contributed by atoms with E-state index in [2.05, 4.69) is 20.8 Å². The van der Waals surface area contributed by atoms with Crippen LogP contribution in [0.25, 0.3) is 11.4 Å². The van der Waals surface area contributed by atoms with Gasteiger partial charge in [0.2, 0.25) is 11.7 Å². The van der Waals surface area contributed by atoms with E-state index in [1.54, 1.807) is 31.2 Å². The summed E-state index contributed by atoms with van der Waals surface area (Å²) in [5.41, 5.74) is 2.75. The molecule has 9 heteroatoms. The van der Waals surface area contributed by atoms with E-state index in [0.29, 0.717) is 39.7 Å². The van der Waals surface area contributed by atoms with Crippen molar-refractivity contribution in [3.05, 3.63) is 64.5 Å². The Morgan fingerprint density at radius 1 is 1.24 bits per heavy atom. The van der Waals surface area contributed by atoms with Gasteiger partial charge in [0.1, 0.15) is 0 Å². The highest BCUT2D eigenvalue weighted by molar-refractivity contribution is 7.80. The van der Waals surface area contributed by atoms with Crippen molar-refractivity contribution in [3.8, 4) is 11.4 Å². The van der Waals surface area contributed by atoms with Gasteiger partial charge in [-0.05, 0) is 68.0 Å². The quantitative estimate of drug-likeness (QED) is 0.440. The molecule has 0 aliphatic rings.